The molecule has 4 aromatic rings. The maximum atomic E-state index is 12.6. The van der Waals surface area contributed by atoms with Crippen molar-refractivity contribution in [3.8, 4) is 21.8 Å². The molecule has 8 nitrogen and oxygen atoms in total. The highest BCUT2D eigenvalue weighted by Crippen LogP contribution is 2.44. The highest BCUT2D eigenvalue weighted by molar-refractivity contribution is 7.22. The van der Waals surface area contributed by atoms with Gasteiger partial charge < -0.3 is 19.6 Å². The normalized spacial score (nSPS) is 17.4. The van der Waals surface area contributed by atoms with Gasteiger partial charge in [-0.2, -0.15) is 0 Å². The molecule has 2 aromatic carbocycles. The van der Waals surface area contributed by atoms with Crippen molar-refractivity contribution in [2.45, 2.75) is 59.3 Å². The Labute approximate surface area is 239 Å². The molecular formula is C31H37N5O3S. The van der Waals surface area contributed by atoms with Crippen molar-refractivity contribution in [1.82, 2.24) is 19.9 Å². The Morgan fingerprint density at radius 2 is 1.85 bits per heavy atom. The van der Waals surface area contributed by atoms with E-state index in [0.29, 0.717) is 17.6 Å². The molecule has 1 N–H and O–H groups in total. The van der Waals surface area contributed by atoms with E-state index in [4.69, 9.17) is 14.7 Å². The number of carbonyl (C=O) groups is 1. The standard InChI is InChI=1S/C31H37N5O3S/c1-18-8-10-21(11-9-18)25-24(26(29(37)38)39-31(4,5)6)19(2)16-23-27(25)40-28(33-23)22-12-13-32-30(34-22)36-15-14-35(7)20(3)17-36/h8-13,16,20,26H,14-15,17H2,1-7H3,(H,37,38)/t20-,26-/m0/s1. The molecule has 0 spiro atoms. The molecule has 3 heterocycles. The number of aryl methyl sites for hydroxylation is 2. The van der Waals surface area contributed by atoms with Gasteiger partial charge in [-0.05, 0) is 71.8 Å². The van der Waals surface area contributed by atoms with Crippen LogP contribution in [0, 0.1) is 13.8 Å². The van der Waals surface area contributed by atoms with Crippen molar-refractivity contribution >= 4 is 33.5 Å². The number of fused-ring (bicyclic) bond motifs is 1. The first-order valence-electron chi connectivity index (χ1n) is 13.6. The highest BCUT2D eigenvalue weighted by Gasteiger charge is 2.32. The fourth-order valence-corrected chi connectivity index (χ4v) is 6.20. The van der Waals surface area contributed by atoms with Gasteiger partial charge in [0.15, 0.2) is 6.10 Å². The summed E-state index contributed by atoms with van der Waals surface area (Å²) in [4.78, 5) is 31.6. The lowest BCUT2D eigenvalue weighted by Crippen LogP contribution is -2.50. The van der Waals surface area contributed by atoms with Crippen molar-refractivity contribution in [2.75, 3.05) is 31.6 Å². The van der Waals surface area contributed by atoms with Crippen LogP contribution in [0.25, 0.3) is 32.0 Å². The lowest BCUT2D eigenvalue weighted by molar-refractivity contribution is -0.160. The Morgan fingerprint density at radius 3 is 2.50 bits per heavy atom. The van der Waals surface area contributed by atoms with Gasteiger partial charge in [0.25, 0.3) is 0 Å². The van der Waals surface area contributed by atoms with E-state index < -0.39 is 17.7 Å². The molecule has 1 saturated heterocycles. The van der Waals surface area contributed by atoms with Crippen molar-refractivity contribution in [3.05, 3.63) is 59.3 Å². The second kappa shape index (κ2) is 10.9. The van der Waals surface area contributed by atoms with E-state index in [1.165, 1.54) is 11.3 Å². The van der Waals surface area contributed by atoms with Gasteiger partial charge in [-0.25, -0.2) is 19.7 Å². The number of hydrogen-bond donors (Lipinski definition) is 1. The van der Waals surface area contributed by atoms with Crippen LogP contribution in [-0.4, -0.2) is 69.3 Å². The van der Waals surface area contributed by atoms with Crippen molar-refractivity contribution in [1.29, 1.82) is 0 Å². The summed E-state index contributed by atoms with van der Waals surface area (Å²) in [6.07, 6.45) is 0.665. The molecule has 9 heteroatoms. The molecule has 5 rings (SSSR count). The minimum Gasteiger partial charge on any atom is -0.479 e. The van der Waals surface area contributed by atoms with Gasteiger partial charge in [0.05, 0.1) is 15.8 Å². The number of hydrogen-bond acceptors (Lipinski definition) is 8. The van der Waals surface area contributed by atoms with E-state index >= 15 is 0 Å². The first-order chi connectivity index (χ1) is 18.9. The maximum Gasteiger partial charge on any atom is 0.337 e. The van der Waals surface area contributed by atoms with Gasteiger partial charge in [-0.15, -0.1) is 11.3 Å². The monoisotopic (exact) mass is 559 g/mol. The molecule has 0 bridgehead atoms. The van der Waals surface area contributed by atoms with Crippen LogP contribution in [0.1, 0.15) is 50.5 Å². The zero-order chi connectivity index (χ0) is 28.8. The number of thiazole rings is 1. The molecule has 2 atom stereocenters. The predicted octanol–water partition coefficient (Wildman–Crippen LogP) is 6.12. The number of carboxylic acids is 1. The average molecular weight is 560 g/mol. The van der Waals surface area contributed by atoms with E-state index in [0.717, 1.165) is 62.8 Å². The summed E-state index contributed by atoms with van der Waals surface area (Å²) in [5, 5.41) is 11.1. The second-order valence-electron chi connectivity index (χ2n) is 11.7. The molecule has 1 fully saturated rings. The van der Waals surface area contributed by atoms with E-state index in [1.54, 1.807) is 6.20 Å². The zero-order valence-electron chi connectivity index (χ0n) is 24.2. The molecule has 0 saturated carbocycles. The smallest absolute Gasteiger partial charge is 0.337 e. The van der Waals surface area contributed by atoms with Crippen LogP contribution in [0.15, 0.2) is 42.6 Å². The SMILES string of the molecule is Cc1ccc(-c2c([C@H](OC(C)(C)C)C(=O)O)c(C)cc3nc(-c4ccnc(N5CCN(C)[C@@H](C)C5)n4)sc23)cc1. The predicted molar refractivity (Wildman–Crippen MR) is 161 cm³/mol. The van der Waals surface area contributed by atoms with Gasteiger partial charge >= 0.3 is 5.97 Å². The number of likely N-dealkylation sites (N-methyl/N-ethyl adjacent to an activating group) is 1. The summed E-state index contributed by atoms with van der Waals surface area (Å²) in [6, 6.07) is 12.4. The summed E-state index contributed by atoms with van der Waals surface area (Å²) in [5.41, 5.74) is 5.31. The summed E-state index contributed by atoms with van der Waals surface area (Å²) >= 11 is 1.53. The Morgan fingerprint density at radius 1 is 1.12 bits per heavy atom. The molecule has 0 radical (unpaired) electrons. The van der Waals surface area contributed by atoms with Gasteiger partial charge in [0.1, 0.15) is 10.7 Å². The van der Waals surface area contributed by atoms with Crippen LogP contribution in [0.3, 0.4) is 0 Å². The minimum absolute atomic E-state index is 0.416. The molecule has 2 aromatic heterocycles. The Balaban J connectivity index is 1.67. The van der Waals surface area contributed by atoms with E-state index in [9.17, 15) is 9.90 Å². The molecule has 0 unspecified atom stereocenters. The van der Waals surface area contributed by atoms with E-state index in [2.05, 4.69) is 28.8 Å². The first-order valence-corrected chi connectivity index (χ1v) is 14.4. The lowest BCUT2D eigenvalue weighted by atomic mass is 9.91. The van der Waals surface area contributed by atoms with Gasteiger partial charge in [-0.3, -0.25) is 0 Å². The molecule has 210 valence electrons. The second-order valence-corrected chi connectivity index (χ2v) is 12.7. The summed E-state index contributed by atoms with van der Waals surface area (Å²) in [5.74, 6) is -0.311. The number of carboxylic acid groups (broad SMARTS) is 1. The number of rotatable bonds is 6. The van der Waals surface area contributed by atoms with Crippen LogP contribution in [0.4, 0.5) is 5.95 Å². The van der Waals surface area contributed by atoms with Crippen LogP contribution in [0.5, 0.6) is 0 Å². The summed E-state index contributed by atoms with van der Waals surface area (Å²) < 4.78 is 7.06. The van der Waals surface area contributed by atoms with E-state index in [-0.39, 0.29) is 0 Å². The Kier molecular flexibility index (Phi) is 7.65. The van der Waals surface area contributed by atoms with E-state index in [1.807, 2.05) is 71.0 Å². The number of nitrogens with zero attached hydrogens (tertiary/aromatic N) is 5. The van der Waals surface area contributed by atoms with Crippen LogP contribution in [-0.2, 0) is 9.53 Å². The summed E-state index contributed by atoms with van der Waals surface area (Å²) in [7, 11) is 2.14. The summed E-state index contributed by atoms with van der Waals surface area (Å²) in [6.45, 7) is 14.5. The quantitative estimate of drug-likeness (QED) is 0.302. The number of anilines is 1. The minimum atomic E-state index is -1.13. The van der Waals surface area contributed by atoms with Crippen LogP contribution >= 0.6 is 11.3 Å². The van der Waals surface area contributed by atoms with Crippen LogP contribution in [0.2, 0.25) is 0 Å². The average Bonchev–Trinajstić information content (AvgIpc) is 3.32. The molecule has 0 aliphatic carbocycles. The number of aliphatic carboxylic acids is 1. The Hall–Kier alpha value is -3.40. The van der Waals surface area contributed by atoms with Gasteiger partial charge in [-0.1, -0.05) is 29.8 Å². The topological polar surface area (TPSA) is 91.7 Å². The molecule has 0 amide bonds. The molecular weight excluding hydrogens is 522 g/mol. The highest BCUT2D eigenvalue weighted by atomic mass is 32.1. The number of piperazine rings is 1. The molecule has 1 aliphatic rings. The van der Waals surface area contributed by atoms with Gasteiger partial charge in [0, 0.05) is 43.0 Å². The number of benzene rings is 2. The van der Waals surface area contributed by atoms with Gasteiger partial charge in [0.2, 0.25) is 5.95 Å². The third-order valence-corrected chi connectivity index (χ3v) is 8.44. The third kappa shape index (κ3) is 5.73. The van der Waals surface area contributed by atoms with Crippen molar-refractivity contribution in [2.24, 2.45) is 0 Å². The first kappa shape index (κ1) is 28.1. The zero-order valence-corrected chi connectivity index (χ0v) is 25.0. The lowest BCUT2D eigenvalue weighted by Gasteiger charge is -2.37. The third-order valence-electron chi connectivity index (χ3n) is 7.33. The molecule has 40 heavy (non-hydrogen) atoms. The molecule has 1 aliphatic heterocycles. The Bertz CT molecular complexity index is 1540. The number of ether oxygens (including phenoxy) is 1. The maximum absolute atomic E-state index is 12.6. The largest absolute Gasteiger partial charge is 0.479 e. The fraction of sp³-hybridized carbons (Fsp3) is 0.419. The van der Waals surface area contributed by atoms with Crippen molar-refractivity contribution in [3.63, 3.8) is 0 Å². The fourth-order valence-electron chi connectivity index (χ4n) is 5.10. The number of aromatic nitrogens is 3. The van der Waals surface area contributed by atoms with Crippen LogP contribution < -0.4 is 4.90 Å². The van der Waals surface area contributed by atoms with Crippen molar-refractivity contribution < 1.29 is 14.6 Å².